The van der Waals surface area contributed by atoms with Crippen molar-refractivity contribution < 1.29 is 9.31 Å². The average molecular weight is 303 g/mol. The molecule has 3 rings (SSSR count). The fraction of sp³-hybridized carbons (Fsp3) is 0.750. The first-order chi connectivity index (χ1) is 10.3. The van der Waals surface area contributed by atoms with Gasteiger partial charge in [-0.15, -0.1) is 0 Å². The Morgan fingerprint density at radius 2 is 1.68 bits per heavy atom. The van der Waals surface area contributed by atoms with Crippen LogP contribution in [0, 0.1) is 0 Å². The number of hydrogen-bond acceptors (Lipinski definition) is 5. The molecule has 0 spiro atoms. The maximum Gasteiger partial charge on any atom is 0.498 e. The van der Waals surface area contributed by atoms with Gasteiger partial charge >= 0.3 is 7.12 Å². The molecule has 1 aromatic heterocycles. The van der Waals surface area contributed by atoms with Crippen molar-refractivity contribution in [2.75, 3.05) is 11.4 Å². The van der Waals surface area contributed by atoms with Gasteiger partial charge in [0.15, 0.2) is 0 Å². The second kappa shape index (κ2) is 5.50. The standard InChI is InChI=1S/C16H26BN3O2/c1-12-8-6-7-9-20(12)14-18-10-13(11-19-14)17-21-15(2,3)16(4,5)22-17/h10-12H,6-9H2,1-5H3. The quantitative estimate of drug-likeness (QED) is 0.784. The Kier molecular flexibility index (Phi) is 3.93. The highest BCUT2D eigenvalue weighted by atomic mass is 16.7. The molecule has 0 bridgehead atoms. The van der Waals surface area contributed by atoms with Crippen molar-refractivity contribution in [3.05, 3.63) is 12.4 Å². The van der Waals surface area contributed by atoms with Gasteiger partial charge in [0.2, 0.25) is 5.95 Å². The third-order valence-corrected chi connectivity index (χ3v) is 5.24. The zero-order valence-corrected chi connectivity index (χ0v) is 14.3. The summed E-state index contributed by atoms with van der Waals surface area (Å²) in [4.78, 5) is 11.4. The molecule has 0 N–H and O–H groups in total. The van der Waals surface area contributed by atoms with E-state index in [9.17, 15) is 0 Å². The van der Waals surface area contributed by atoms with E-state index in [0.717, 1.165) is 18.0 Å². The molecule has 0 amide bonds. The molecule has 1 aromatic rings. The van der Waals surface area contributed by atoms with E-state index in [1.54, 1.807) is 0 Å². The number of hydrogen-bond donors (Lipinski definition) is 0. The van der Waals surface area contributed by atoms with E-state index in [-0.39, 0.29) is 11.2 Å². The van der Waals surface area contributed by atoms with E-state index >= 15 is 0 Å². The van der Waals surface area contributed by atoms with Crippen LogP contribution in [0.1, 0.15) is 53.9 Å². The number of rotatable bonds is 2. The summed E-state index contributed by atoms with van der Waals surface area (Å²) in [6, 6.07) is 0.511. The fourth-order valence-electron chi connectivity index (χ4n) is 2.98. The lowest BCUT2D eigenvalue weighted by Gasteiger charge is -2.33. The zero-order chi connectivity index (χ0) is 16.0. The van der Waals surface area contributed by atoms with Crippen LogP contribution in [0.3, 0.4) is 0 Å². The lowest BCUT2D eigenvalue weighted by atomic mass is 9.81. The topological polar surface area (TPSA) is 47.5 Å². The molecule has 3 heterocycles. The summed E-state index contributed by atoms with van der Waals surface area (Å²) in [5, 5.41) is 0. The maximum absolute atomic E-state index is 6.04. The molecular formula is C16H26BN3O2. The van der Waals surface area contributed by atoms with E-state index in [1.807, 2.05) is 12.4 Å². The molecule has 120 valence electrons. The van der Waals surface area contributed by atoms with Gasteiger partial charge in [-0.05, 0) is 53.9 Å². The van der Waals surface area contributed by atoms with E-state index in [0.29, 0.717) is 6.04 Å². The molecule has 2 saturated heterocycles. The molecule has 2 aliphatic rings. The van der Waals surface area contributed by atoms with Crippen LogP contribution < -0.4 is 10.4 Å². The van der Waals surface area contributed by atoms with Gasteiger partial charge in [-0.25, -0.2) is 9.97 Å². The highest BCUT2D eigenvalue weighted by Gasteiger charge is 2.52. The molecule has 0 aromatic carbocycles. The van der Waals surface area contributed by atoms with Crippen LogP contribution in [0.25, 0.3) is 0 Å². The molecule has 0 radical (unpaired) electrons. The molecule has 2 aliphatic heterocycles. The summed E-state index contributed by atoms with van der Waals surface area (Å²) in [5.74, 6) is 0.812. The summed E-state index contributed by atoms with van der Waals surface area (Å²) >= 11 is 0. The zero-order valence-electron chi connectivity index (χ0n) is 14.3. The summed E-state index contributed by atoms with van der Waals surface area (Å²) in [6.45, 7) is 11.5. The van der Waals surface area contributed by atoms with Gasteiger partial charge in [0.05, 0.1) is 11.2 Å². The number of anilines is 1. The van der Waals surface area contributed by atoms with Gasteiger partial charge in [0, 0.05) is 30.4 Å². The van der Waals surface area contributed by atoms with Crippen LogP contribution in [0.5, 0.6) is 0 Å². The number of piperidine rings is 1. The van der Waals surface area contributed by atoms with Crippen LogP contribution in [0.4, 0.5) is 5.95 Å². The molecule has 1 atom stereocenters. The lowest BCUT2D eigenvalue weighted by molar-refractivity contribution is 0.00578. The Morgan fingerprint density at radius 3 is 2.23 bits per heavy atom. The molecule has 22 heavy (non-hydrogen) atoms. The Morgan fingerprint density at radius 1 is 1.09 bits per heavy atom. The van der Waals surface area contributed by atoms with Crippen molar-refractivity contribution in [1.82, 2.24) is 9.97 Å². The van der Waals surface area contributed by atoms with Crippen LogP contribution in [0.2, 0.25) is 0 Å². The molecule has 0 aliphatic carbocycles. The summed E-state index contributed by atoms with van der Waals surface area (Å²) in [6.07, 6.45) is 7.40. The predicted octanol–water partition coefficient (Wildman–Crippen LogP) is 2.15. The first kappa shape index (κ1) is 15.7. The van der Waals surface area contributed by atoms with Crippen molar-refractivity contribution in [2.24, 2.45) is 0 Å². The third kappa shape index (κ3) is 2.74. The van der Waals surface area contributed by atoms with Crippen LogP contribution in [0.15, 0.2) is 12.4 Å². The van der Waals surface area contributed by atoms with Gasteiger partial charge in [-0.3, -0.25) is 0 Å². The Balaban J connectivity index is 1.75. The SMILES string of the molecule is CC1CCCCN1c1ncc(B2OC(C)(C)C(C)(C)O2)cn1. The largest absolute Gasteiger partial charge is 0.498 e. The summed E-state index contributed by atoms with van der Waals surface area (Å²) in [5.41, 5.74) is 0.210. The third-order valence-electron chi connectivity index (χ3n) is 5.24. The van der Waals surface area contributed by atoms with Crippen molar-refractivity contribution in [3.8, 4) is 0 Å². The van der Waals surface area contributed by atoms with Gasteiger partial charge in [-0.1, -0.05) is 0 Å². The maximum atomic E-state index is 6.04. The Hall–Kier alpha value is -1.14. The average Bonchev–Trinajstić information content (AvgIpc) is 2.68. The minimum atomic E-state index is -0.391. The van der Waals surface area contributed by atoms with E-state index in [2.05, 4.69) is 49.5 Å². The number of nitrogens with zero attached hydrogens (tertiary/aromatic N) is 3. The number of aromatic nitrogens is 2. The predicted molar refractivity (Wildman–Crippen MR) is 88.4 cm³/mol. The van der Waals surface area contributed by atoms with Crippen molar-refractivity contribution in [1.29, 1.82) is 0 Å². The minimum absolute atomic E-state index is 0.336. The first-order valence-corrected chi connectivity index (χ1v) is 8.24. The molecular weight excluding hydrogens is 277 g/mol. The lowest BCUT2D eigenvalue weighted by Crippen LogP contribution is -2.41. The second-order valence-corrected chi connectivity index (χ2v) is 7.44. The fourth-order valence-corrected chi connectivity index (χ4v) is 2.98. The first-order valence-electron chi connectivity index (χ1n) is 8.24. The van der Waals surface area contributed by atoms with E-state index < -0.39 is 7.12 Å². The Bertz CT molecular complexity index is 517. The van der Waals surface area contributed by atoms with Gasteiger partial charge < -0.3 is 14.2 Å². The van der Waals surface area contributed by atoms with Gasteiger partial charge in [0.1, 0.15) is 0 Å². The molecule has 2 fully saturated rings. The van der Waals surface area contributed by atoms with Crippen LogP contribution in [-0.2, 0) is 9.31 Å². The highest BCUT2D eigenvalue weighted by molar-refractivity contribution is 6.61. The molecule has 6 heteroatoms. The second-order valence-electron chi connectivity index (χ2n) is 7.44. The Labute approximate surface area is 133 Å². The van der Waals surface area contributed by atoms with E-state index in [4.69, 9.17) is 9.31 Å². The smallest absolute Gasteiger partial charge is 0.399 e. The summed E-state index contributed by atoms with van der Waals surface area (Å²) in [7, 11) is -0.391. The van der Waals surface area contributed by atoms with Crippen molar-refractivity contribution >= 4 is 18.5 Å². The van der Waals surface area contributed by atoms with Crippen molar-refractivity contribution in [3.63, 3.8) is 0 Å². The van der Waals surface area contributed by atoms with Gasteiger partial charge in [0.25, 0.3) is 0 Å². The van der Waals surface area contributed by atoms with Gasteiger partial charge in [-0.2, -0.15) is 0 Å². The van der Waals surface area contributed by atoms with Crippen LogP contribution >= 0.6 is 0 Å². The molecule has 5 nitrogen and oxygen atoms in total. The molecule has 1 unspecified atom stereocenters. The normalized spacial score (nSPS) is 27.2. The van der Waals surface area contributed by atoms with E-state index in [1.165, 1.54) is 19.3 Å². The monoisotopic (exact) mass is 303 g/mol. The summed E-state index contributed by atoms with van der Waals surface area (Å²) < 4.78 is 12.1. The van der Waals surface area contributed by atoms with Crippen LogP contribution in [-0.4, -0.2) is 40.9 Å². The minimum Gasteiger partial charge on any atom is -0.399 e. The van der Waals surface area contributed by atoms with Crippen molar-refractivity contribution in [2.45, 2.75) is 71.1 Å². The highest BCUT2D eigenvalue weighted by Crippen LogP contribution is 2.36. The molecule has 0 saturated carbocycles.